The second-order valence-electron chi connectivity index (χ2n) is 4.78. The summed E-state index contributed by atoms with van der Waals surface area (Å²) in [6.07, 6.45) is 0.632. The lowest BCUT2D eigenvalue weighted by atomic mass is 10.1. The Morgan fingerprint density at radius 2 is 2.05 bits per heavy atom. The molecular formula is C15H19N3O2. The smallest absolute Gasteiger partial charge is 0.261 e. The summed E-state index contributed by atoms with van der Waals surface area (Å²) in [7, 11) is 0. The van der Waals surface area contributed by atoms with Gasteiger partial charge in [0.1, 0.15) is 11.3 Å². The molecule has 5 heteroatoms. The molecular weight excluding hydrogens is 254 g/mol. The lowest BCUT2D eigenvalue weighted by Gasteiger charge is -2.08. The number of hydrogen-bond acceptors (Lipinski definition) is 4. The van der Waals surface area contributed by atoms with Crippen LogP contribution in [0.25, 0.3) is 0 Å². The first-order chi connectivity index (χ1) is 9.52. The molecule has 0 bridgehead atoms. The minimum atomic E-state index is -0.200. The highest BCUT2D eigenvalue weighted by molar-refractivity contribution is 6.05. The molecule has 0 aliphatic carbocycles. The lowest BCUT2D eigenvalue weighted by molar-refractivity contribution is 0.102. The molecule has 2 aromatic rings. The first-order valence-electron chi connectivity index (χ1n) is 6.65. The molecule has 1 aromatic carbocycles. The molecule has 0 radical (unpaired) electrons. The van der Waals surface area contributed by atoms with Crippen LogP contribution in [0, 0.1) is 6.92 Å². The van der Waals surface area contributed by atoms with Crippen LogP contribution in [-0.4, -0.2) is 11.1 Å². The molecule has 20 heavy (non-hydrogen) atoms. The number of aromatic nitrogens is 1. The van der Waals surface area contributed by atoms with Gasteiger partial charge in [-0.3, -0.25) is 4.79 Å². The zero-order chi connectivity index (χ0) is 14.7. The molecule has 0 spiro atoms. The van der Waals surface area contributed by atoms with Gasteiger partial charge < -0.3 is 15.6 Å². The number of rotatable bonds is 4. The van der Waals surface area contributed by atoms with E-state index in [0.717, 1.165) is 11.3 Å². The second-order valence-corrected chi connectivity index (χ2v) is 4.78. The largest absolute Gasteiger partial charge is 0.360 e. The van der Waals surface area contributed by atoms with Crippen LogP contribution in [0.2, 0.25) is 0 Å². The predicted octanol–water partition coefficient (Wildman–Crippen LogP) is 2.82. The zero-order valence-corrected chi connectivity index (χ0v) is 11.9. The maximum absolute atomic E-state index is 12.3. The molecule has 1 aromatic heterocycles. The molecule has 2 rings (SSSR count). The Labute approximate surface area is 118 Å². The number of carbonyl (C=O) groups is 1. The summed E-state index contributed by atoms with van der Waals surface area (Å²) in [4.78, 5) is 12.3. The van der Waals surface area contributed by atoms with Gasteiger partial charge in [0, 0.05) is 18.2 Å². The fourth-order valence-corrected chi connectivity index (χ4v) is 2.01. The molecule has 0 saturated heterocycles. The maximum atomic E-state index is 12.3. The van der Waals surface area contributed by atoms with Crippen LogP contribution in [-0.2, 0) is 6.42 Å². The van der Waals surface area contributed by atoms with E-state index in [1.54, 1.807) is 6.92 Å². The Balaban J connectivity index is 2.17. The minimum Gasteiger partial charge on any atom is -0.360 e. The second kappa shape index (κ2) is 5.88. The van der Waals surface area contributed by atoms with Crippen molar-refractivity contribution in [2.24, 2.45) is 5.73 Å². The molecule has 1 atom stereocenters. The molecule has 0 aliphatic rings. The number of hydrogen-bond donors (Lipinski definition) is 2. The molecule has 0 aliphatic heterocycles. The van der Waals surface area contributed by atoms with Crippen molar-refractivity contribution in [2.45, 2.75) is 33.2 Å². The summed E-state index contributed by atoms with van der Waals surface area (Å²) in [6, 6.07) is 7.46. The van der Waals surface area contributed by atoms with Gasteiger partial charge in [0.2, 0.25) is 0 Å². The van der Waals surface area contributed by atoms with Gasteiger partial charge in [-0.2, -0.15) is 0 Å². The molecule has 1 unspecified atom stereocenters. The van der Waals surface area contributed by atoms with E-state index in [0.29, 0.717) is 23.4 Å². The molecule has 1 amide bonds. The summed E-state index contributed by atoms with van der Waals surface area (Å²) in [5, 5.41) is 6.68. The SMILES string of the molecule is CCc1onc(C)c1C(=O)Nc1ccc(C(C)N)cc1. The van der Waals surface area contributed by atoms with Gasteiger partial charge in [0.15, 0.2) is 0 Å². The van der Waals surface area contributed by atoms with Crippen molar-refractivity contribution < 1.29 is 9.32 Å². The van der Waals surface area contributed by atoms with Crippen LogP contribution < -0.4 is 11.1 Å². The fraction of sp³-hybridized carbons (Fsp3) is 0.333. The first-order valence-corrected chi connectivity index (χ1v) is 6.65. The Hall–Kier alpha value is -2.14. The summed E-state index contributed by atoms with van der Waals surface area (Å²) >= 11 is 0. The van der Waals surface area contributed by atoms with E-state index in [1.165, 1.54) is 0 Å². The van der Waals surface area contributed by atoms with Crippen molar-refractivity contribution in [3.63, 3.8) is 0 Å². The summed E-state index contributed by atoms with van der Waals surface area (Å²) in [5.41, 5.74) is 8.66. The van der Waals surface area contributed by atoms with E-state index in [4.69, 9.17) is 10.3 Å². The van der Waals surface area contributed by atoms with Gasteiger partial charge in [0.05, 0.1) is 5.69 Å². The van der Waals surface area contributed by atoms with E-state index in [-0.39, 0.29) is 11.9 Å². The Morgan fingerprint density at radius 1 is 1.40 bits per heavy atom. The highest BCUT2D eigenvalue weighted by Gasteiger charge is 2.19. The van der Waals surface area contributed by atoms with E-state index in [1.807, 2.05) is 38.1 Å². The van der Waals surface area contributed by atoms with Crippen LogP contribution in [0.3, 0.4) is 0 Å². The third-order valence-electron chi connectivity index (χ3n) is 3.18. The number of anilines is 1. The quantitative estimate of drug-likeness (QED) is 0.897. The third kappa shape index (κ3) is 2.88. The van der Waals surface area contributed by atoms with Crippen LogP contribution in [0.1, 0.15) is 47.3 Å². The number of nitrogens with zero attached hydrogens (tertiary/aromatic N) is 1. The van der Waals surface area contributed by atoms with Crippen molar-refractivity contribution in [3.8, 4) is 0 Å². The Bertz CT molecular complexity index is 600. The van der Waals surface area contributed by atoms with E-state index < -0.39 is 0 Å². The minimum absolute atomic E-state index is 0.0215. The topological polar surface area (TPSA) is 81.2 Å². The predicted molar refractivity (Wildman–Crippen MR) is 77.6 cm³/mol. The average Bonchev–Trinajstić information content (AvgIpc) is 2.80. The van der Waals surface area contributed by atoms with Gasteiger partial charge in [-0.15, -0.1) is 0 Å². The van der Waals surface area contributed by atoms with Crippen molar-refractivity contribution >= 4 is 11.6 Å². The Kier molecular flexibility index (Phi) is 4.20. The lowest BCUT2D eigenvalue weighted by Crippen LogP contribution is -2.14. The van der Waals surface area contributed by atoms with Crippen molar-refractivity contribution in [3.05, 3.63) is 46.8 Å². The van der Waals surface area contributed by atoms with Gasteiger partial charge >= 0.3 is 0 Å². The summed E-state index contributed by atoms with van der Waals surface area (Å²) in [5.74, 6) is 0.404. The summed E-state index contributed by atoms with van der Waals surface area (Å²) in [6.45, 7) is 5.60. The van der Waals surface area contributed by atoms with Crippen LogP contribution in [0.15, 0.2) is 28.8 Å². The molecule has 5 nitrogen and oxygen atoms in total. The van der Waals surface area contributed by atoms with Crippen LogP contribution in [0.4, 0.5) is 5.69 Å². The van der Waals surface area contributed by atoms with Crippen LogP contribution in [0.5, 0.6) is 0 Å². The van der Waals surface area contributed by atoms with Gasteiger partial charge in [-0.1, -0.05) is 24.2 Å². The van der Waals surface area contributed by atoms with Crippen molar-refractivity contribution in [2.75, 3.05) is 5.32 Å². The Morgan fingerprint density at radius 3 is 2.60 bits per heavy atom. The highest BCUT2D eigenvalue weighted by atomic mass is 16.5. The number of amides is 1. The first kappa shape index (κ1) is 14.3. The standard InChI is InChI=1S/C15H19N3O2/c1-4-13-14(10(3)18-20-13)15(19)17-12-7-5-11(6-8-12)9(2)16/h5-9H,4,16H2,1-3H3,(H,17,19). The van der Waals surface area contributed by atoms with Gasteiger partial charge in [-0.25, -0.2) is 0 Å². The number of benzene rings is 1. The third-order valence-corrected chi connectivity index (χ3v) is 3.18. The van der Waals surface area contributed by atoms with E-state index >= 15 is 0 Å². The number of aryl methyl sites for hydroxylation is 2. The fourth-order valence-electron chi connectivity index (χ4n) is 2.01. The highest BCUT2D eigenvalue weighted by Crippen LogP contribution is 2.18. The molecule has 3 N–H and O–H groups in total. The van der Waals surface area contributed by atoms with E-state index in [9.17, 15) is 4.79 Å². The molecule has 0 fully saturated rings. The van der Waals surface area contributed by atoms with Gasteiger partial charge in [-0.05, 0) is 31.5 Å². The number of nitrogens with two attached hydrogens (primary N) is 1. The van der Waals surface area contributed by atoms with Gasteiger partial charge in [0.25, 0.3) is 5.91 Å². The molecule has 0 saturated carbocycles. The van der Waals surface area contributed by atoms with Crippen molar-refractivity contribution in [1.82, 2.24) is 5.16 Å². The maximum Gasteiger partial charge on any atom is 0.261 e. The monoisotopic (exact) mass is 273 g/mol. The normalized spacial score (nSPS) is 12.2. The van der Waals surface area contributed by atoms with E-state index in [2.05, 4.69) is 10.5 Å². The number of nitrogens with one attached hydrogen (secondary N) is 1. The molecule has 1 heterocycles. The van der Waals surface area contributed by atoms with Crippen molar-refractivity contribution in [1.29, 1.82) is 0 Å². The van der Waals surface area contributed by atoms with Crippen LogP contribution >= 0.6 is 0 Å². The molecule has 106 valence electrons. The average molecular weight is 273 g/mol. The summed E-state index contributed by atoms with van der Waals surface area (Å²) < 4.78 is 5.13. The zero-order valence-electron chi connectivity index (χ0n) is 11.9. The number of carbonyl (C=O) groups excluding carboxylic acids is 1.